The van der Waals surface area contributed by atoms with Crippen molar-refractivity contribution in [2.24, 2.45) is 21.7 Å². The summed E-state index contributed by atoms with van der Waals surface area (Å²) in [6.07, 6.45) is 0. The van der Waals surface area contributed by atoms with Gasteiger partial charge in [-0.25, -0.2) is 0 Å². The van der Waals surface area contributed by atoms with E-state index >= 15 is 0 Å². The van der Waals surface area contributed by atoms with Crippen LogP contribution >= 0.6 is 0 Å². The summed E-state index contributed by atoms with van der Waals surface area (Å²) in [5, 5.41) is 2.70. The average Bonchev–Trinajstić information content (AvgIpc) is 2.87. The molecule has 0 fully saturated rings. The van der Waals surface area contributed by atoms with Crippen molar-refractivity contribution in [1.29, 1.82) is 0 Å². The predicted octanol–water partition coefficient (Wildman–Crippen LogP) is 7.18. The minimum atomic E-state index is -0.861. The lowest BCUT2D eigenvalue weighted by atomic mass is 9.95. The second-order valence-electron chi connectivity index (χ2n) is 15.1. The number of carbonyl (C=O) groups excluding carboxylic acids is 4. The smallest absolute Gasteiger partial charge is 0.317 e. The highest BCUT2D eigenvalue weighted by atomic mass is 16.6. The normalized spacial score (nSPS) is 12.9. The zero-order valence-corrected chi connectivity index (χ0v) is 27.5. The number of esters is 4. The molecular weight excluding hydrogens is 564 g/mol. The van der Waals surface area contributed by atoms with Crippen LogP contribution in [0.5, 0.6) is 23.5 Å². The second-order valence-corrected chi connectivity index (χ2v) is 15.1. The lowest BCUT2D eigenvalue weighted by Crippen LogP contribution is -2.27. The van der Waals surface area contributed by atoms with Gasteiger partial charge in [-0.2, -0.15) is 9.97 Å². The largest absolute Gasteiger partial charge is 0.406 e. The first kappa shape index (κ1) is 32.6. The number of nitrogens with zero attached hydrogens (tertiary/aromatic N) is 2. The van der Waals surface area contributed by atoms with Crippen LogP contribution in [0.25, 0.3) is 32.3 Å². The van der Waals surface area contributed by atoms with E-state index in [4.69, 9.17) is 18.9 Å². The third-order valence-corrected chi connectivity index (χ3v) is 6.70. The Balaban J connectivity index is 2.13. The first-order valence-electron chi connectivity index (χ1n) is 14.4. The first-order chi connectivity index (χ1) is 20.0. The molecule has 0 bridgehead atoms. The van der Waals surface area contributed by atoms with Crippen molar-refractivity contribution in [1.82, 2.24) is 9.97 Å². The van der Waals surface area contributed by atoms with Crippen LogP contribution in [0.1, 0.15) is 83.1 Å². The van der Waals surface area contributed by atoms with Crippen LogP contribution in [0.2, 0.25) is 0 Å². The van der Waals surface area contributed by atoms with Crippen LogP contribution in [0.4, 0.5) is 0 Å². The van der Waals surface area contributed by atoms with Crippen molar-refractivity contribution >= 4 is 56.2 Å². The summed E-state index contributed by atoms with van der Waals surface area (Å²) >= 11 is 0. The molecule has 0 aliphatic heterocycles. The number of carbonyl (C=O) groups is 4. The molecular formula is C34H40N2O8. The lowest BCUT2D eigenvalue weighted by molar-refractivity contribution is -0.144. The highest BCUT2D eigenvalue weighted by molar-refractivity contribution is 6.27. The van der Waals surface area contributed by atoms with Crippen LogP contribution in [0.15, 0.2) is 24.3 Å². The summed E-state index contributed by atoms with van der Waals surface area (Å²) in [5.74, 6) is -2.46. The van der Waals surface area contributed by atoms with E-state index in [1.54, 1.807) is 107 Å². The van der Waals surface area contributed by atoms with E-state index in [1.807, 2.05) is 0 Å². The molecule has 0 aliphatic carbocycles. The van der Waals surface area contributed by atoms with Gasteiger partial charge in [-0.3, -0.25) is 19.2 Å². The molecule has 44 heavy (non-hydrogen) atoms. The van der Waals surface area contributed by atoms with Gasteiger partial charge in [-0.05, 0) is 107 Å². The molecule has 4 rings (SSSR count). The van der Waals surface area contributed by atoms with E-state index in [1.165, 1.54) is 0 Å². The monoisotopic (exact) mass is 604 g/mol. The molecule has 10 heteroatoms. The highest BCUT2D eigenvalue weighted by Crippen LogP contribution is 2.46. The first-order valence-corrected chi connectivity index (χ1v) is 14.4. The van der Waals surface area contributed by atoms with Gasteiger partial charge in [0.25, 0.3) is 0 Å². The minimum Gasteiger partial charge on any atom is -0.406 e. The van der Waals surface area contributed by atoms with Crippen molar-refractivity contribution in [3.63, 3.8) is 0 Å². The maximum Gasteiger partial charge on any atom is 0.317 e. The van der Waals surface area contributed by atoms with Gasteiger partial charge in [0.2, 0.25) is 23.5 Å². The fourth-order valence-corrected chi connectivity index (χ4v) is 3.91. The third kappa shape index (κ3) is 6.30. The summed E-state index contributed by atoms with van der Waals surface area (Å²) in [7, 11) is 0. The summed E-state index contributed by atoms with van der Waals surface area (Å²) in [6.45, 7) is 20.5. The molecule has 234 valence electrons. The van der Waals surface area contributed by atoms with Crippen molar-refractivity contribution in [3.05, 3.63) is 24.3 Å². The summed E-state index contributed by atoms with van der Waals surface area (Å²) in [5.41, 5.74) is -3.44. The summed E-state index contributed by atoms with van der Waals surface area (Å²) in [4.78, 5) is 61.1. The molecule has 2 heterocycles. The molecule has 2 aromatic carbocycles. The standard InChI is InChI=1S/C34H40N2O8/c1-31(2,3)27(37)41-23-17-13-14-19-22-20(16-15-18(21(17)22)24(35-23)42-28(38)32(4,5)6)26(44-30(40)34(10,11)12)36-25(19)43-29(39)33(7,8)9/h13-16H,1-12H3. The maximum absolute atomic E-state index is 13.0. The SMILES string of the molecule is CC(C)(C)C(=O)Oc1nc(OC(=O)C(C)(C)C)c2ccc3c(OC(=O)C(C)(C)C)nc(OC(=O)C(C)(C)C)c4ccc1c2c43. The van der Waals surface area contributed by atoms with Crippen LogP contribution in [0.3, 0.4) is 0 Å². The zero-order chi connectivity index (χ0) is 33.2. The van der Waals surface area contributed by atoms with Gasteiger partial charge in [0.05, 0.1) is 21.7 Å². The second kappa shape index (κ2) is 10.7. The average molecular weight is 605 g/mol. The quantitative estimate of drug-likeness (QED) is 0.174. The molecule has 10 nitrogen and oxygen atoms in total. The number of hydrogen-bond donors (Lipinski definition) is 0. The van der Waals surface area contributed by atoms with Gasteiger partial charge in [0, 0.05) is 32.3 Å². The molecule has 0 radical (unpaired) electrons. The Kier molecular flexibility index (Phi) is 7.90. The Labute approximate surface area is 256 Å². The Morgan fingerprint density at radius 3 is 0.750 bits per heavy atom. The number of pyridine rings is 2. The Hall–Kier alpha value is -4.34. The van der Waals surface area contributed by atoms with Crippen molar-refractivity contribution in [2.75, 3.05) is 0 Å². The Morgan fingerprint density at radius 1 is 0.409 bits per heavy atom. The van der Waals surface area contributed by atoms with Gasteiger partial charge in [-0.1, -0.05) is 0 Å². The number of hydrogen-bond acceptors (Lipinski definition) is 10. The Bertz CT molecular complexity index is 1550. The predicted molar refractivity (Wildman–Crippen MR) is 166 cm³/mol. The van der Waals surface area contributed by atoms with E-state index in [9.17, 15) is 19.2 Å². The third-order valence-electron chi connectivity index (χ3n) is 6.70. The van der Waals surface area contributed by atoms with Crippen LogP contribution in [0, 0.1) is 21.7 Å². The molecule has 0 atom stereocenters. The van der Waals surface area contributed by atoms with E-state index in [0.717, 1.165) is 0 Å². The number of ether oxygens (including phenoxy) is 4. The van der Waals surface area contributed by atoms with Crippen LogP contribution in [-0.2, 0) is 19.2 Å². The lowest BCUT2D eigenvalue weighted by Gasteiger charge is -2.23. The van der Waals surface area contributed by atoms with E-state index in [0.29, 0.717) is 32.3 Å². The molecule has 2 aromatic heterocycles. The number of rotatable bonds is 4. The highest BCUT2D eigenvalue weighted by Gasteiger charge is 2.32. The van der Waals surface area contributed by atoms with Gasteiger partial charge < -0.3 is 18.9 Å². The van der Waals surface area contributed by atoms with Gasteiger partial charge >= 0.3 is 23.9 Å². The van der Waals surface area contributed by atoms with Crippen LogP contribution < -0.4 is 18.9 Å². The van der Waals surface area contributed by atoms with Gasteiger partial charge in [-0.15, -0.1) is 0 Å². The van der Waals surface area contributed by atoms with Gasteiger partial charge in [0.15, 0.2) is 0 Å². The fourth-order valence-electron chi connectivity index (χ4n) is 3.91. The van der Waals surface area contributed by atoms with Crippen molar-refractivity contribution in [3.8, 4) is 23.5 Å². The maximum atomic E-state index is 13.0. The molecule has 0 saturated carbocycles. The van der Waals surface area contributed by atoms with Crippen LogP contribution in [-0.4, -0.2) is 33.8 Å². The summed E-state index contributed by atoms with van der Waals surface area (Å²) in [6, 6.07) is 6.70. The molecule has 0 amide bonds. The summed E-state index contributed by atoms with van der Waals surface area (Å²) < 4.78 is 23.2. The topological polar surface area (TPSA) is 131 Å². The molecule has 0 unspecified atom stereocenters. The number of aromatic nitrogens is 2. The van der Waals surface area contributed by atoms with Crippen molar-refractivity contribution < 1.29 is 38.1 Å². The molecule has 0 saturated heterocycles. The zero-order valence-electron chi connectivity index (χ0n) is 27.5. The molecule has 0 spiro atoms. The van der Waals surface area contributed by atoms with E-state index < -0.39 is 45.5 Å². The van der Waals surface area contributed by atoms with Gasteiger partial charge in [0.1, 0.15) is 0 Å². The molecule has 0 aliphatic rings. The van der Waals surface area contributed by atoms with E-state index in [-0.39, 0.29) is 23.5 Å². The van der Waals surface area contributed by atoms with Crippen molar-refractivity contribution in [2.45, 2.75) is 83.1 Å². The fraction of sp³-hybridized carbons (Fsp3) is 0.471. The molecule has 4 aromatic rings. The number of benzene rings is 2. The molecule has 0 N–H and O–H groups in total. The minimum absolute atomic E-state index is 0.0678. The Morgan fingerprint density at radius 2 is 0.591 bits per heavy atom. The van der Waals surface area contributed by atoms with E-state index in [2.05, 4.69) is 9.97 Å².